The maximum atomic E-state index is 12.7. The third kappa shape index (κ3) is 3.81. The highest BCUT2D eigenvalue weighted by Crippen LogP contribution is 2.24. The Balaban J connectivity index is 2.04. The third-order valence-electron chi connectivity index (χ3n) is 4.73. The van der Waals surface area contributed by atoms with Gasteiger partial charge in [0.05, 0.1) is 12.1 Å². The van der Waals surface area contributed by atoms with E-state index in [1.165, 1.54) is 6.92 Å². The van der Waals surface area contributed by atoms with Crippen LogP contribution in [0.3, 0.4) is 0 Å². The number of carbonyl (C=O) groups is 3. The van der Waals surface area contributed by atoms with E-state index in [1.807, 2.05) is 11.9 Å². The Labute approximate surface area is 136 Å². The fourth-order valence-corrected chi connectivity index (χ4v) is 3.40. The molecule has 0 unspecified atom stereocenters. The zero-order valence-electron chi connectivity index (χ0n) is 13.7. The number of hydrogen-bond donors (Lipinski definition) is 3. The monoisotopic (exact) mass is 326 g/mol. The van der Waals surface area contributed by atoms with Crippen molar-refractivity contribution in [1.82, 2.24) is 15.1 Å². The fourth-order valence-electron chi connectivity index (χ4n) is 3.40. The molecule has 0 aromatic heterocycles. The second kappa shape index (κ2) is 7.27. The molecule has 2 rings (SSSR count). The summed E-state index contributed by atoms with van der Waals surface area (Å²) in [6, 6.07) is -1.92. The van der Waals surface area contributed by atoms with Crippen molar-refractivity contribution in [3.63, 3.8) is 0 Å². The summed E-state index contributed by atoms with van der Waals surface area (Å²) in [5, 5.41) is 12.0. The lowest BCUT2D eigenvalue weighted by Crippen LogP contribution is -2.57. The molecule has 0 aromatic rings. The first-order valence-corrected chi connectivity index (χ1v) is 8.11. The standard InChI is InChI=1S/C15H26N4O4/c1-9(20)12(13(16)21)17-14(22)10-5-4-8-19(10)15(23)11-6-3-7-18(11)2/h9-12,20H,3-8H2,1-2H3,(H2,16,21)(H,17,22)/t9-,10-,11+,12+/m1/s1. The van der Waals surface area contributed by atoms with Crippen molar-refractivity contribution in [2.45, 2.75) is 56.8 Å². The number of aliphatic hydroxyl groups is 1. The second-order valence-electron chi connectivity index (χ2n) is 6.46. The van der Waals surface area contributed by atoms with Crippen LogP contribution < -0.4 is 11.1 Å². The number of likely N-dealkylation sites (tertiary alicyclic amines) is 2. The number of hydrogen-bond acceptors (Lipinski definition) is 5. The van der Waals surface area contributed by atoms with Gasteiger partial charge >= 0.3 is 0 Å². The maximum absolute atomic E-state index is 12.7. The van der Waals surface area contributed by atoms with E-state index in [-0.39, 0.29) is 11.9 Å². The minimum atomic E-state index is -1.14. The molecule has 3 amide bonds. The van der Waals surface area contributed by atoms with Gasteiger partial charge in [-0.1, -0.05) is 0 Å². The van der Waals surface area contributed by atoms with Crippen LogP contribution in [0.2, 0.25) is 0 Å². The van der Waals surface area contributed by atoms with Gasteiger partial charge in [0.15, 0.2) is 0 Å². The van der Waals surface area contributed by atoms with Crippen LogP contribution in [-0.2, 0) is 14.4 Å². The van der Waals surface area contributed by atoms with Crippen LogP contribution in [0.5, 0.6) is 0 Å². The van der Waals surface area contributed by atoms with Crippen molar-refractivity contribution in [3.8, 4) is 0 Å². The van der Waals surface area contributed by atoms with E-state index in [1.54, 1.807) is 4.90 Å². The smallest absolute Gasteiger partial charge is 0.243 e. The normalized spacial score (nSPS) is 27.7. The number of carbonyl (C=O) groups excluding carboxylic acids is 3. The summed E-state index contributed by atoms with van der Waals surface area (Å²) in [5.74, 6) is -1.25. The van der Waals surface area contributed by atoms with Gasteiger partial charge in [-0.05, 0) is 46.2 Å². The molecular weight excluding hydrogens is 300 g/mol. The van der Waals surface area contributed by atoms with Gasteiger partial charge in [0.2, 0.25) is 17.7 Å². The Morgan fingerprint density at radius 3 is 2.30 bits per heavy atom. The first-order chi connectivity index (χ1) is 10.8. The van der Waals surface area contributed by atoms with E-state index in [4.69, 9.17) is 5.73 Å². The lowest BCUT2D eigenvalue weighted by molar-refractivity contribution is -0.142. The molecule has 130 valence electrons. The molecule has 0 bridgehead atoms. The molecule has 23 heavy (non-hydrogen) atoms. The van der Waals surface area contributed by atoms with Crippen LogP contribution in [-0.4, -0.2) is 77.0 Å². The van der Waals surface area contributed by atoms with Crippen LogP contribution in [0.1, 0.15) is 32.6 Å². The SMILES string of the molecule is C[C@@H](O)[C@H](NC(=O)[C@H]1CCCN1C(=O)[C@@H]1CCCN1C)C(N)=O. The molecule has 4 N–H and O–H groups in total. The Morgan fingerprint density at radius 1 is 1.17 bits per heavy atom. The van der Waals surface area contributed by atoms with Crippen molar-refractivity contribution in [2.75, 3.05) is 20.1 Å². The van der Waals surface area contributed by atoms with Gasteiger partial charge in [0.1, 0.15) is 12.1 Å². The molecule has 2 aliphatic heterocycles. The van der Waals surface area contributed by atoms with Crippen molar-refractivity contribution >= 4 is 17.7 Å². The molecular formula is C15H26N4O4. The number of nitrogens with zero attached hydrogens (tertiary/aromatic N) is 2. The number of primary amides is 1. The summed E-state index contributed by atoms with van der Waals surface area (Å²) in [7, 11) is 1.91. The average Bonchev–Trinajstić information content (AvgIpc) is 3.11. The Bertz CT molecular complexity index is 482. The van der Waals surface area contributed by atoms with Crippen LogP contribution in [0.25, 0.3) is 0 Å². The van der Waals surface area contributed by atoms with Crippen LogP contribution >= 0.6 is 0 Å². The summed E-state index contributed by atoms with van der Waals surface area (Å²) in [6.07, 6.45) is 2.00. The van der Waals surface area contributed by atoms with Crippen LogP contribution in [0, 0.1) is 0 Å². The molecule has 0 radical (unpaired) electrons. The second-order valence-corrected chi connectivity index (χ2v) is 6.46. The van der Waals surface area contributed by atoms with E-state index in [9.17, 15) is 19.5 Å². The van der Waals surface area contributed by atoms with E-state index in [2.05, 4.69) is 5.32 Å². The van der Waals surface area contributed by atoms with Gasteiger partial charge in [-0.25, -0.2) is 0 Å². The van der Waals surface area contributed by atoms with Crippen molar-refractivity contribution < 1.29 is 19.5 Å². The molecule has 2 saturated heterocycles. The summed E-state index contributed by atoms with van der Waals surface area (Å²) < 4.78 is 0. The van der Waals surface area contributed by atoms with Gasteiger partial charge in [-0.15, -0.1) is 0 Å². The van der Waals surface area contributed by atoms with Crippen LogP contribution in [0.15, 0.2) is 0 Å². The molecule has 8 heteroatoms. The Morgan fingerprint density at radius 2 is 1.78 bits per heavy atom. The highest BCUT2D eigenvalue weighted by molar-refractivity contribution is 5.93. The first kappa shape index (κ1) is 17.7. The van der Waals surface area contributed by atoms with Crippen molar-refractivity contribution in [3.05, 3.63) is 0 Å². The average molecular weight is 326 g/mol. The quantitative estimate of drug-likeness (QED) is 0.564. The molecule has 2 aliphatic rings. The topological polar surface area (TPSA) is 116 Å². The summed E-state index contributed by atoms with van der Waals surface area (Å²) in [6.45, 7) is 2.81. The largest absolute Gasteiger partial charge is 0.391 e. The predicted octanol–water partition coefficient (Wildman–Crippen LogP) is -1.58. The lowest BCUT2D eigenvalue weighted by Gasteiger charge is -2.30. The fraction of sp³-hybridized carbons (Fsp3) is 0.800. The number of amides is 3. The summed E-state index contributed by atoms with van der Waals surface area (Å²) in [4.78, 5) is 40.1. The lowest BCUT2D eigenvalue weighted by atomic mass is 10.1. The highest BCUT2D eigenvalue weighted by Gasteiger charge is 2.40. The molecule has 0 aromatic carbocycles. The van der Waals surface area contributed by atoms with Gasteiger partial charge in [-0.2, -0.15) is 0 Å². The summed E-state index contributed by atoms with van der Waals surface area (Å²) >= 11 is 0. The van der Waals surface area contributed by atoms with Gasteiger partial charge in [0.25, 0.3) is 0 Å². The minimum Gasteiger partial charge on any atom is -0.391 e. The van der Waals surface area contributed by atoms with E-state index in [0.29, 0.717) is 13.0 Å². The number of nitrogens with one attached hydrogen (secondary N) is 1. The first-order valence-electron chi connectivity index (χ1n) is 8.11. The van der Waals surface area contributed by atoms with Crippen molar-refractivity contribution in [2.24, 2.45) is 5.73 Å². The maximum Gasteiger partial charge on any atom is 0.243 e. The van der Waals surface area contributed by atoms with Gasteiger partial charge in [0, 0.05) is 6.54 Å². The Kier molecular flexibility index (Phi) is 5.59. The third-order valence-corrected chi connectivity index (χ3v) is 4.73. The molecule has 2 fully saturated rings. The molecule has 8 nitrogen and oxygen atoms in total. The molecule has 0 spiro atoms. The van der Waals surface area contributed by atoms with E-state index in [0.717, 1.165) is 25.8 Å². The van der Waals surface area contributed by atoms with Crippen molar-refractivity contribution in [1.29, 1.82) is 0 Å². The number of nitrogens with two attached hydrogens (primary N) is 1. The Hall–Kier alpha value is -1.67. The van der Waals surface area contributed by atoms with Gasteiger partial charge < -0.3 is 21.1 Å². The molecule has 0 aliphatic carbocycles. The summed E-state index contributed by atoms with van der Waals surface area (Å²) in [5.41, 5.74) is 5.20. The zero-order valence-corrected chi connectivity index (χ0v) is 13.7. The number of rotatable bonds is 5. The van der Waals surface area contributed by atoms with Gasteiger partial charge in [-0.3, -0.25) is 19.3 Å². The molecule has 4 atom stereocenters. The van der Waals surface area contributed by atoms with E-state index >= 15 is 0 Å². The molecule has 0 saturated carbocycles. The molecule has 2 heterocycles. The number of likely N-dealkylation sites (N-methyl/N-ethyl adjacent to an activating group) is 1. The predicted molar refractivity (Wildman–Crippen MR) is 83.2 cm³/mol. The number of aliphatic hydroxyl groups excluding tert-OH is 1. The highest BCUT2D eigenvalue weighted by atomic mass is 16.3. The van der Waals surface area contributed by atoms with E-state index < -0.39 is 30.0 Å². The van der Waals surface area contributed by atoms with Crippen LogP contribution in [0.4, 0.5) is 0 Å². The minimum absolute atomic E-state index is 0.0321. The zero-order chi connectivity index (χ0) is 17.1.